The van der Waals surface area contributed by atoms with Gasteiger partial charge in [0, 0.05) is 7.05 Å². The van der Waals surface area contributed by atoms with E-state index in [-0.39, 0.29) is 10.8 Å². The summed E-state index contributed by atoms with van der Waals surface area (Å²) in [5.41, 5.74) is 2.49. The third-order valence-corrected chi connectivity index (χ3v) is 5.35. The van der Waals surface area contributed by atoms with Crippen LogP contribution in [-0.2, 0) is 15.9 Å². The quantitative estimate of drug-likeness (QED) is 0.882. The van der Waals surface area contributed by atoms with Crippen LogP contribution in [0.5, 0.6) is 0 Å². The van der Waals surface area contributed by atoms with Crippen molar-refractivity contribution in [3.05, 3.63) is 41.2 Å². The molecule has 0 saturated heterocycles. The molecule has 20 heavy (non-hydrogen) atoms. The molecule has 0 saturated carbocycles. The molecule has 0 aliphatic rings. The molecular weight excluding hydrogens is 298 g/mol. The van der Waals surface area contributed by atoms with Gasteiger partial charge in [0.05, 0.1) is 23.0 Å². The summed E-state index contributed by atoms with van der Waals surface area (Å²) < 4.78 is 26.6. The fourth-order valence-corrected chi connectivity index (χ4v) is 3.73. The maximum atomic E-state index is 12.7. The summed E-state index contributed by atoms with van der Waals surface area (Å²) >= 11 is 5.76. The molecular formula is C13H16ClN3O2S. The van der Waals surface area contributed by atoms with Crippen LogP contribution in [0.15, 0.2) is 29.2 Å². The van der Waals surface area contributed by atoms with E-state index in [4.69, 9.17) is 11.6 Å². The van der Waals surface area contributed by atoms with Gasteiger partial charge in [-0.05, 0) is 26.0 Å². The van der Waals surface area contributed by atoms with Crippen LogP contribution < -0.4 is 4.31 Å². The molecule has 7 heteroatoms. The zero-order chi connectivity index (χ0) is 14.9. The fraction of sp³-hybridized carbons (Fsp3) is 0.308. The number of sulfonamides is 1. The molecule has 0 fully saturated rings. The number of nitrogens with zero attached hydrogens (tertiary/aromatic N) is 2. The van der Waals surface area contributed by atoms with Gasteiger partial charge in [-0.1, -0.05) is 17.7 Å². The van der Waals surface area contributed by atoms with Crippen molar-refractivity contribution in [2.45, 2.75) is 24.6 Å². The van der Waals surface area contributed by atoms with Crippen molar-refractivity contribution in [2.75, 3.05) is 11.4 Å². The zero-order valence-corrected chi connectivity index (χ0v) is 13.1. The van der Waals surface area contributed by atoms with Gasteiger partial charge >= 0.3 is 0 Å². The number of aromatic amines is 1. The maximum Gasteiger partial charge on any atom is 0.267 e. The fourth-order valence-electron chi connectivity index (χ4n) is 1.93. The molecule has 5 nitrogen and oxygen atoms in total. The molecule has 1 heterocycles. The van der Waals surface area contributed by atoms with Crippen LogP contribution in [0.1, 0.15) is 17.0 Å². The van der Waals surface area contributed by atoms with Crippen molar-refractivity contribution in [3.63, 3.8) is 0 Å². The van der Waals surface area contributed by atoms with Crippen molar-refractivity contribution in [1.82, 2.24) is 10.2 Å². The number of hydrogen-bond acceptors (Lipinski definition) is 3. The Hall–Kier alpha value is -1.53. The van der Waals surface area contributed by atoms with Gasteiger partial charge < -0.3 is 0 Å². The number of nitrogens with one attached hydrogen (secondary N) is 1. The number of anilines is 1. The Morgan fingerprint density at radius 2 is 1.85 bits per heavy atom. The molecule has 1 N–H and O–H groups in total. The lowest BCUT2D eigenvalue weighted by Gasteiger charge is -2.19. The highest BCUT2D eigenvalue weighted by atomic mass is 35.5. The second-order valence-electron chi connectivity index (χ2n) is 4.57. The Kier molecular flexibility index (Phi) is 4.06. The van der Waals surface area contributed by atoms with E-state index in [2.05, 4.69) is 10.2 Å². The van der Waals surface area contributed by atoms with Crippen molar-refractivity contribution in [1.29, 1.82) is 0 Å². The standard InChI is InChI=1S/C13H16ClN3O2S/c1-9-4-6-11(7-5-9)17(3)20(18,19)13-10(2)15-16-12(13)8-14/h4-7H,8H2,1-3H3,(H,15,16). The predicted octanol–water partition coefficient (Wildman–Crippen LogP) is 2.59. The second kappa shape index (κ2) is 5.46. The Morgan fingerprint density at radius 1 is 1.25 bits per heavy atom. The average molecular weight is 314 g/mol. The highest BCUT2D eigenvalue weighted by Gasteiger charge is 2.28. The molecule has 1 aromatic heterocycles. The molecule has 1 aromatic carbocycles. The molecule has 0 bridgehead atoms. The smallest absolute Gasteiger partial charge is 0.267 e. The van der Waals surface area contributed by atoms with Crippen molar-refractivity contribution >= 4 is 27.3 Å². The molecule has 0 atom stereocenters. The number of aromatic nitrogens is 2. The summed E-state index contributed by atoms with van der Waals surface area (Å²) in [5, 5.41) is 6.60. The van der Waals surface area contributed by atoms with E-state index in [0.717, 1.165) is 5.56 Å². The van der Waals surface area contributed by atoms with E-state index >= 15 is 0 Å². The second-order valence-corrected chi connectivity index (χ2v) is 6.74. The van der Waals surface area contributed by atoms with Crippen molar-refractivity contribution in [2.24, 2.45) is 0 Å². The largest absolute Gasteiger partial charge is 0.281 e. The van der Waals surface area contributed by atoms with Crippen LogP contribution in [0, 0.1) is 13.8 Å². The average Bonchev–Trinajstić information content (AvgIpc) is 2.80. The molecule has 2 aromatic rings. The van der Waals surface area contributed by atoms with Crippen LogP contribution in [0.4, 0.5) is 5.69 Å². The van der Waals surface area contributed by atoms with Gasteiger partial charge in [-0.2, -0.15) is 5.10 Å². The number of aryl methyl sites for hydroxylation is 2. The highest BCUT2D eigenvalue weighted by Crippen LogP contribution is 2.26. The first-order valence-electron chi connectivity index (χ1n) is 6.03. The lowest BCUT2D eigenvalue weighted by Crippen LogP contribution is -2.27. The summed E-state index contributed by atoms with van der Waals surface area (Å²) in [6.07, 6.45) is 0. The Labute approximate surface area is 123 Å². The summed E-state index contributed by atoms with van der Waals surface area (Å²) in [7, 11) is -2.16. The molecule has 0 aliphatic heterocycles. The van der Waals surface area contributed by atoms with Crippen LogP contribution >= 0.6 is 11.6 Å². The van der Waals surface area contributed by atoms with Gasteiger partial charge in [-0.25, -0.2) is 8.42 Å². The molecule has 2 rings (SSSR count). The number of benzene rings is 1. The molecule has 0 spiro atoms. The molecule has 0 amide bonds. The monoisotopic (exact) mass is 313 g/mol. The normalized spacial score (nSPS) is 11.6. The van der Waals surface area contributed by atoms with E-state index in [0.29, 0.717) is 17.1 Å². The Balaban J connectivity index is 2.49. The minimum Gasteiger partial charge on any atom is -0.281 e. The van der Waals surface area contributed by atoms with Crippen LogP contribution in [0.2, 0.25) is 0 Å². The van der Waals surface area contributed by atoms with Crippen LogP contribution in [0.25, 0.3) is 0 Å². The van der Waals surface area contributed by atoms with Gasteiger partial charge in [0.2, 0.25) is 0 Å². The maximum absolute atomic E-state index is 12.7. The SMILES string of the molecule is Cc1ccc(N(C)S(=O)(=O)c2c(CCl)n[nH]c2C)cc1. The van der Waals surface area contributed by atoms with Crippen molar-refractivity contribution in [3.8, 4) is 0 Å². The third-order valence-electron chi connectivity index (χ3n) is 3.10. The molecule has 0 aliphatic carbocycles. The summed E-state index contributed by atoms with van der Waals surface area (Å²) in [4.78, 5) is 0.149. The molecule has 108 valence electrons. The van der Waals surface area contributed by atoms with Crippen LogP contribution in [0.3, 0.4) is 0 Å². The van der Waals surface area contributed by atoms with E-state index in [1.54, 1.807) is 19.1 Å². The lowest BCUT2D eigenvalue weighted by molar-refractivity contribution is 0.593. The first kappa shape index (κ1) is 14.9. The third kappa shape index (κ3) is 2.53. The topological polar surface area (TPSA) is 66.1 Å². The highest BCUT2D eigenvalue weighted by molar-refractivity contribution is 7.92. The van der Waals surface area contributed by atoms with E-state index in [1.165, 1.54) is 11.4 Å². The molecule has 0 unspecified atom stereocenters. The number of alkyl halides is 1. The Bertz CT molecular complexity index is 708. The minimum atomic E-state index is -3.68. The van der Waals surface area contributed by atoms with E-state index < -0.39 is 10.0 Å². The lowest BCUT2D eigenvalue weighted by atomic mass is 10.2. The van der Waals surface area contributed by atoms with E-state index in [9.17, 15) is 8.42 Å². The minimum absolute atomic E-state index is 0.0423. The summed E-state index contributed by atoms with van der Waals surface area (Å²) in [6.45, 7) is 3.61. The van der Waals surface area contributed by atoms with Gasteiger partial charge in [-0.15, -0.1) is 11.6 Å². The first-order chi connectivity index (χ1) is 9.37. The van der Waals surface area contributed by atoms with Gasteiger partial charge in [0.1, 0.15) is 4.90 Å². The number of halogens is 1. The predicted molar refractivity (Wildman–Crippen MR) is 79.6 cm³/mol. The number of H-pyrrole nitrogens is 1. The van der Waals surface area contributed by atoms with Gasteiger partial charge in [0.25, 0.3) is 10.0 Å². The number of hydrogen-bond donors (Lipinski definition) is 1. The number of rotatable bonds is 4. The van der Waals surface area contributed by atoms with Crippen molar-refractivity contribution < 1.29 is 8.42 Å². The summed E-state index contributed by atoms with van der Waals surface area (Å²) in [5.74, 6) is 0.0423. The van der Waals surface area contributed by atoms with Gasteiger partial charge in [-0.3, -0.25) is 9.40 Å². The summed E-state index contributed by atoms with van der Waals surface area (Å²) in [6, 6.07) is 7.27. The van der Waals surface area contributed by atoms with E-state index in [1.807, 2.05) is 19.1 Å². The first-order valence-corrected chi connectivity index (χ1v) is 8.00. The zero-order valence-electron chi connectivity index (χ0n) is 11.5. The Morgan fingerprint density at radius 3 is 2.40 bits per heavy atom. The molecule has 0 radical (unpaired) electrons. The van der Waals surface area contributed by atoms with Gasteiger partial charge in [0.15, 0.2) is 0 Å². The van der Waals surface area contributed by atoms with Crippen LogP contribution in [-0.4, -0.2) is 25.7 Å².